The second kappa shape index (κ2) is 12.0. The first-order valence-corrected chi connectivity index (χ1v) is 11.2. The van der Waals surface area contributed by atoms with Crippen LogP contribution in [-0.4, -0.2) is 35.9 Å². The van der Waals surface area contributed by atoms with Crippen LogP contribution in [0.25, 0.3) is 0 Å². The number of nitrogens with one attached hydrogen (secondary N) is 1. The molecule has 0 unspecified atom stereocenters. The molecule has 7 heteroatoms. The SMILES string of the molecule is CCCCNC(=O)[C@@H](C)N(Cc1ccc(Cl)c(Cl)c1)C(=O)COc1cccc(C)c1C. The predicted molar refractivity (Wildman–Crippen MR) is 126 cm³/mol. The van der Waals surface area contributed by atoms with Gasteiger partial charge in [0.05, 0.1) is 10.0 Å². The zero-order chi connectivity index (χ0) is 23.0. The largest absolute Gasteiger partial charge is 0.483 e. The summed E-state index contributed by atoms with van der Waals surface area (Å²) in [4.78, 5) is 27.3. The van der Waals surface area contributed by atoms with Crippen molar-refractivity contribution in [1.82, 2.24) is 10.2 Å². The van der Waals surface area contributed by atoms with Gasteiger partial charge >= 0.3 is 0 Å². The molecule has 0 aliphatic carbocycles. The van der Waals surface area contributed by atoms with Crippen molar-refractivity contribution < 1.29 is 14.3 Å². The zero-order valence-corrected chi connectivity index (χ0v) is 20.0. The maximum Gasteiger partial charge on any atom is 0.261 e. The highest BCUT2D eigenvalue weighted by atomic mass is 35.5. The molecule has 168 valence electrons. The van der Waals surface area contributed by atoms with Crippen LogP contribution in [0, 0.1) is 13.8 Å². The van der Waals surface area contributed by atoms with E-state index in [2.05, 4.69) is 12.2 Å². The van der Waals surface area contributed by atoms with Crippen LogP contribution in [0.5, 0.6) is 5.75 Å². The van der Waals surface area contributed by atoms with Crippen LogP contribution < -0.4 is 10.1 Å². The van der Waals surface area contributed by atoms with Crippen molar-refractivity contribution in [3.05, 3.63) is 63.1 Å². The summed E-state index contributed by atoms with van der Waals surface area (Å²) < 4.78 is 5.80. The molecular formula is C24H30Cl2N2O3. The maximum absolute atomic E-state index is 13.1. The Balaban J connectivity index is 2.18. The van der Waals surface area contributed by atoms with Crippen molar-refractivity contribution in [3.8, 4) is 5.75 Å². The lowest BCUT2D eigenvalue weighted by molar-refractivity contribution is -0.142. The van der Waals surface area contributed by atoms with E-state index in [0.717, 1.165) is 29.5 Å². The third-order valence-electron chi connectivity index (χ3n) is 5.24. The number of rotatable bonds is 10. The monoisotopic (exact) mass is 464 g/mol. The molecule has 0 aromatic heterocycles. The summed E-state index contributed by atoms with van der Waals surface area (Å²) >= 11 is 12.1. The molecule has 31 heavy (non-hydrogen) atoms. The Morgan fingerprint density at radius 3 is 2.55 bits per heavy atom. The molecule has 2 amide bonds. The summed E-state index contributed by atoms with van der Waals surface area (Å²) in [6.45, 7) is 8.34. The Hall–Kier alpha value is -2.24. The average molecular weight is 465 g/mol. The Morgan fingerprint density at radius 2 is 1.87 bits per heavy atom. The quantitative estimate of drug-likeness (QED) is 0.483. The molecule has 0 fully saturated rings. The van der Waals surface area contributed by atoms with Crippen LogP contribution in [0.3, 0.4) is 0 Å². The lowest BCUT2D eigenvalue weighted by Crippen LogP contribution is -2.49. The summed E-state index contributed by atoms with van der Waals surface area (Å²) in [6, 6.07) is 10.2. The van der Waals surface area contributed by atoms with Gasteiger partial charge in [0, 0.05) is 13.1 Å². The number of hydrogen-bond acceptors (Lipinski definition) is 3. The van der Waals surface area contributed by atoms with Gasteiger partial charge in [0.1, 0.15) is 11.8 Å². The minimum atomic E-state index is -0.666. The molecule has 1 atom stereocenters. The lowest BCUT2D eigenvalue weighted by atomic mass is 10.1. The number of carbonyl (C=O) groups is 2. The Bertz CT molecular complexity index is 918. The first-order chi connectivity index (χ1) is 14.7. The number of hydrogen-bond donors (Lipinski definition) is 1. The van der Waals surface area contributed by atoms with Gasteiger partial charge in [0.2, 0.25) is 5.91 Å². The van der Waals surface area contributed by atoms with E-state index >= 15 is 0 Å². The van der Waals surface area contributed by atoms with Crippen LogP contribution >= 0.6 is 23.2 Å². The average Bonchev–Trinajstić information content (AvgIpc) is 2.75. The van der Waals surface area contributed by atoms with Crippen molar-refractivity contribution in [1.29, 1.82) is 0 Å². The van der Waals surface area contributed by atoms with Crippen LogP contribution in [0.1, 0.15) is 43.4 Å². The fourth-order valence-electron chi connectivity index (χ4n) is 3.06. The van der Waals surface area contributed by atoms with E-state index in [4.69, 9.17) is 27.9 Å². The van der Waals surface area contributed by atoms with Gasteiger partial charge in [0.15, 0.2) is 6.61 Å². The molecule has 1 N–H and O–H groups in total. The van der Waals surface area contributed by atoms with E-state index in [1.807, 2.05) is 32.0 Å². The van der Waals surface area contributed by atoms with Crippen molar-refractivity contribution in [2.24, 2.45) is 0 Å². The Morgan fingerprint density at radius 1 is 1.13 bits per heavy atom. The summed E-state index contributed by atoms with van der Waals surface area (Å²) in [6.07, 6.45) is 1.86. The van der Waals surface area contributed by atoms with Gasteiger partial charge < -0.3 is 15.0 Å². The molecule has 0 spiro atoms. The molecule has 5 nitrogen and oxygen atoms in total. The van der Waals surface area contributed by atoms with Crippen LogP contribution in [0.4, 0.5) is 0 Å². The van der Waals surface area contributed by atoms with Crippen molar-refractivity contribution in [3.63, 3.8) is 0 Å². The fraction of sp³-hybridized carbons (Fsp3) is 0.417. The third-order valence-corrected chi connectivity index (χ3v) is 5.98. The second-order valence-corrected chi connectivity index (χ2v) is 8.39. The van der Waals surface area contributed by atoms with E-state index < -0.39 is 6.04 Å². The summed E-state index contributed by atoms with van der Waals surface area (Å²) in [5.74, 6) is 0.168. The smallest absolute Gasteiger partial charge is 0.261 e. The number of carbonyl (C=O) groups excluding carboxylic acids is 2. The number of benzene rings is 2. The third kappa shape index (κ3) is 7.15. The Kier molecular flexibility index (Phi) is 9.66. The minimum Gasteiger partial charge on any atom is -0.483 e. The van der Waals surface area contributed by atoms with E-state index in [1.165, 1.54) is 4.90 Å². The number of nitrogens with zero attached hydrogens (tertiary/aromatic N) is 1. The highest BCUT2D eigenvalue weighted by Gasteiger charge is 2.26. The summed E-state index contributed by atoms with van der Waals surface area (Å²) in [5, 5.41) is 3.73. The van der Waals surface area contributed by atoms with Gasteiger partial charge in [-0.15, -0.1) is 0 Å². The van der Waals surface area contributed by atoms with Crippen molar-refractivity contribution >= 4 is 35.0 Å². The Labute approximate surface area is 194 Å². The lowest BCUT2D eigenvalue weighted by Gasteiger charge is -2.29. The molecule has 2 rings (SSSR count). The van der Waals surface area contributed by atoms with E-state index in [9.17, 15) is 9.59 Å². The fourth-order valence-corrected chi connectivity index (χ4v) is 3.38. The molecule has 0 heterocycles. The van der Waals surface area contributed by atoms with Gasteiger partial charge in [0.25, 0.3) is 5.91 Å². The summed E-state index contributed by atoms with van der Waals surface area (Å²) in [7, 11) is 0. The molecule has 2 aromatic carbocycles. The van der Waals surface area contributed by atoms with Gasteiger partial charge in [-0.2, -0.15) is 0 Å². The molecule has 0 saturated heterocycles. The van der Waals surface area contributed by atoms with Gasteiger partial charge in [-0.1, -0.05) is 54.7 Å². The normalized spacial score (nSPS) is 11.7. The summed E-state index contributed by atoms with van der Waals surface area (Å²) in [5.41, 5.74) is 2.85. The highest BCUT2D eigenvalue weighted by Crippen LogP contribution is 2.24. The first kappa shape index (κ1) is 25.0. The van der Waals surface area contributed by atoms with Crippen LogP contribution in [0.2, 0.25) is 10.0 Å². The maximum atomic E-state index is 13.1. The minimum absolute atomic E-state index is 0.168. The number of unbranched alkanes of at least 4 members (excludes halogenated alkanes) is 1. The molecule has 0 radical (unpaired) electrons. The standard InChI is InChI=1S/C24H30Cl2N2O3/c1-5-6-12-27-24(30)18(4)28(14-19-10-11-20(25)21(26)13-19)23(29)15-31-22-9-7-8-16(2)17(22)3/h7-11,13,18H,5-6,12,14-15H2,1-4H3,(H,27,30)/t18-/m1/s1. The molecular weight excluding hydrogens is 435 g/mol. The zero-order valence-electron chi connectivity index (χ0n) is 18.5. The molecule has 0 aliphatic heterocycles. The van der Waals surface area contributed by atoms with Crippen molar-refractivity contribution in [2.45, 2.75) is 53.1 Å². The molecule has 0 saturated carbocycles. The van der Waals surface area contributed by atoms with Gasteiger partial charge in [-0.25, -0.2) is 0 Å². The molecule has 2 aromatic rings. The van der Waals surface area contributed by atoms with Crippen LogP contribution in [0.15, 0.2) is 36.4 Å². The van der Waals surface area contributed by atoms with Crippen molar-refractivity contribution in [2.75, 3.05) is 13.2 Å². The first-order valence-electron chi connectivity index (χ1n) is 10.4. The van der Waals surface area contributed by atoms with Gasteiger partial charge in [-0.05, 0) is 62.1 Å². The molecule has 0 bridgehead atoms. The molecule has 0 aliphatic rings. The number of ether oxygens (including phenoxy) is 1. The van der Waals surface area contributed by atoms with E-state index in [-0.39, 0.29) is 25.0 Å². The van der Waals surface area contributed by atoms with E-state index in [0.29, 0.717) is 22.3 Å². The van der Waals surface area contributed by atoms with Gasteiger partial charge in [-0.3, -0.25) is 9.59 Å². The topological polar surface area (TPSA) is 58.6 Å². The van der Waals surface area contributed by atoms with E-state index in [1.54, 1.807) is 25.1 Å². The second-order valence-electron chi connectivity index (χ2n) is 7.58. The number of aryl methyl sites for hydroxylation is 1. The predicted octanol–water partition coefficient (Wildman–Crippen LogP) is 5.32. The number of amides is 2. The van der Waals surface area contributed by atoms with Crippen LogP contribution in [-0.2, 0) is 16.1 Å². The number of halogens is 2. The highest BCUT2D eigenvalue weighted by molar-refractivity contribution is 6.42.